The fourth-order valence-electron chi connectivity index (χ4n) is 3.93. The van der Waals surface area contributed by atoms with Crippen LogP contribution in [0.5, 0.6) is 11.5 Å². The molecule has 1 saturated carbocycles. The lowest BCUT2D eigenvalue weighted by molar-refractivity contribution is -0.135. The minimum Gasteiger partial charge on any atom is -0.496 e. The van der Waals surface area contributed by atoms with E-state index in [9.17, 15) is 4.79 Å². The van der Waals surface area contributed by atoms with Gasteiger partial charge < -0.3 is 14.4 Å². The molecule has 1 unspecified atom stereocenters. The molecule has 2 aromatic rings. The first-order chi connectivity index (χ1) is 13.1. The van der Waals surface area contributed by atoms with Gasteiger partial charge in [-0.15, -0.1) is 0 Å². The first-order valence-corrected chi connectivity index (χ1v) is 9.73. The number of likely N-dealkylation sites (N-methyl/N-ethyl adjacent to an activating group) is 1. The van der Waals surface area contributed by atoms with Gasteiger partial charge in [0.05, 0.1) is 13.7 Å². The number of benzene rings is 2. The highest BCUT2D eigenvalue weighted by Gasteiger charge is 2.48. The molecule has 1 amide bonds. The van der Waals surface area contributed by atoms with Crippen molar-refractivity contribution in [2.24, 2.45) is 0 Å². The van der Waals surface area contributed by atoms with Crippen LogP contribution in [-0.2, 0) is 10.2 Å². The van der Waals surface area contributed by atoms with E-state index in [-0.39, 0.29) is 5.91 Å². The highest BCUT2D eigenvalue weighted by molar-refractivity contribution is 5.94. The second-order valence-corrected chi connectivity index (χ2v) is 7.04. The van der Waals surface area contributed by atoms with Crippen LogP contribution in [-0.4, -0.2) is 37.6 Å². The van der Waals surface area contributed by atoms with Crippen LogP contribution in [0.15, 0.2) is 48.5 Å². The number of nitrogens with zero attached hydrogens (tertiary/aromatic N) is 1. The Hall–Kier alpha value is -2.49. The van der Waals surface area contributed by atoms with E-state index >= 15 is 0 Å². The van der Waals surface area contributed by atoms with Gasteiger partial charge in [-0.25, -0.2) is 0 Å². The van der Waals surface area contributed by atoms with E-state index in [4.69, 9.17) is 9.47 Å². The van der Waals surface area contributed by atoms with Gasteiger partial charge in [-0.2, -0.15) is 0 Å². The second kappa shape index (κ2) is 8.03. The first kappa shape index (κ1) is 19.3. The Morgan fingerprint density at radius 2 is 1.59 bits per heavy atom. The van der Waals surface area contributed by atoms with Crippen molar-refractivity contribution in [2.45, 2.75) is 44.6 Å². The normalized spacial score (nSPS) is 15.7. The van der Waals surface area contributed by atoms with E-state index < -0.39 is 5.41 Å². The maximum atomic E-state index is 13.9. The molecule has 0 radical (unpaired) electrons. The first-order valence-electron chi connectivity index (χ1n) is 9.73. The van der Waals surface area contributed by atoms with Crippen molar-refractivity contribution in [3.8, 4) is 11.5 Å². The zero-order valence-electron chi connectivity index (χ0n) is 16.7. The van der Waals surface area contributed by atoms with Gasteiger partial charge in [0, 0.05) is 24.2 Å². The van der Waals surface area contributed by atoms with Crippen LogP contribution in [0.3, 0.4) is 0 Å². The van der Waals surface area contributed by atoms with Crippen molar-refractivity contribution in [1.82, 2.24) is 4.90 Å². The van der Waals surface area contributed by atoms with Crippen LogP contribution in [0.1, 0.15) is 44.2 Å². The summed E-state index contributed by atoms with van der Waals surface area (Å²) in [5, 5.41) is 0. The summed E-state index contributed by atoms with van der Waals surface area (Å²) in [4.78, 5) is 15.8. The number of ether oxygens (including phenoxy) is 2. The molecule has 4 heteroatoms. The Morgan fingerprint density at radius 3 is 2.11 bits per heavy atom. The molecule has 0 aromatic heterocycles. The maximum absolute atomic E-state index is 13.9. The van der Waals surface area contributed by atoms with Crippen LogP contribution < -0.4 is 9.47 Å². The molecule has 0 saturated heterocycles. The second-order valence-electron chi connectivity index (χ2n) is 7.04. The molecule has 1 atom stereocenters. The molecule has 27 heavy (non-hydrogen) atoms. The molecular weight excluding hydrogens is 338 g/mol. The van der Waals surface area contributed by atoms with Crippen molar-refractivity contribution >= 4 is 5.91 Å². The van der Waals surface area contributed by atoms with Gasteiger partial charge >= 0.3 is 0 Å². The summed E-state index contributed by atoms with van der Waals surface area (Å²) in [7, 11) is 3.58. The Labute approximate surface area is 162 Å². The van der Waals surface area contributed by atoms with Gasteiger partial charge in [0.25, 0.3) is 0 Å². The lowest BCUT2D eigenvalue weighted by Crippen LogP contribution is -2.47. The molecule has 1 fully saturated rings. The minimum absolute atomic E-state index is 0.101. The number of carbonyl (C=O) groups excluding carboxylic acids is 1. The zero-order valence-corrected chi connectivity index (χ0v) is 16.7. The summed E-state index contributed by atoms with van der Waals surface area (Å²) in [6, 6.07) is 16.0. The Balaban J connectivity index is 2.27. The number of carbonyl (C=O) groups is 1. The molecule has 3 rings (SSSR count). The van der Waals surface area contributed by atoms with Crippen LogP contribution in [0.2, 0.25) is 0 Å². The van der Waals surface area contributed by atoms with Gasteiger partial charge in [0.1, 0.15) is 16.9 Å². The molecule has 1 aliphatic carbocycles. The van der Waals surface area contributed by atoms with Gasteiger partial charge in [-0.05, 0) is 38.3 Å². The van der Waals surface area contributed by atoms with E-state index in [2.05, 4.69) is 6.92 Å². The minimum atomic E-state index is -0.851. The molecule has 0 spiro atoms. The number of hydrogen-bond donors (Lipinski definition) is 0. The molecule has 4 nitrogen and oxygen atoms in total. The fourth-order valence-corrected chi connectivity index (χ4v) is 3.93. The Kier molecular flexibility index (Phi) is 5.73. The molecule has 0 N–H and O–H groups in total. The molecule has 2 aromatic carbocycles. The third kappa shape index (κ3) is 3.41. The summed E-state index contributed by atoms with van der Waals surface area (Å²) in [5.74, 6) is 1.58. The number of methoxy groups -OCH3 is 1. The van der Waals surface area contributed by atoms with Crippen LogP contribution in [0.4, 0.5) is 0 Å². The standard InChI is InChI=1S/C23H29NO3/c1-5-23(22(25)24(3)17-15-16-17,18-11-7-9-13-20(18)26-4)19-12-8-10-14-21(19)27-6-2/h7-14,17H,5-6,15-16H2,1-4H3. The SMILES string of the molecule is CCOc1ccccc1C(CC)(C(=O)N(C)C1CC1)c1ccccc1OC. The van der Waals surface area contributed by atoms with E-state index in [1.54, 1.807) is 7.11 Å². The van der Waals surface area contributed by atoms with Gasteiger partial charge in [0.2, 0.25) is 5.91 Å². The number of amides is 1. The fraction of sp³-hybridized carbons (Fsp3) is 0.435. The molecule has 0 heterocycles. The number of para-hydroxylation sites is 2. The lowest BCUT2D eigenvalue weighted by Gasteiger charge is -2.38. The molecular formula is C23H29NO3. The predicted octanol–water partition coefficient (Wildman–Crippen LogP) is 4.41. The van der Waals surface area contributed by atoms with Crippen molar-refractivity contribution in [1.29, 1.82) is 0 Å². The van der Waals surface area contributed by atoms with E-state index in [1.807, 2.05) is 67.4 Å². The summed E-state index contributed by atoms with van der Waals surface area (Å²) in [5.41, 5.74) is 0.936. The molecule has 144 valence electrons. The zero-order chi connectivity index (χ0) is 19.4. The number of hydrogen-bond acceptors (Lipinski definition) is 3. The largest absolute Gasteiger partial charge is 0.496 e. The topological polar surface area (TPSA) is 38.8 Å². The highest BCUT2D eigenvalue weighted by Crippen LogP contribution is 2.46. The Morgan fingerprint density at radius 1 is 1.04 bits per heavy atom. The third-order valence-electron chi connectivity index (χ3n) is 5.52. The summed E-state index contributed by atoms with van der Waals surface area (Å²) in [6.45, 7) is 4.58. The van der Waals surface area contributed by atoms with E-state index in [0.717, 1.165) is 35.5 Å². The molecule has 1 aliphatic rings. The lowest BCUT2D eigenvalue weighted by atomic mass is 9.70. The number of rotatable bonds is 8. The van der Waals surface area contributed by atoms with Crippen molar-refractivity contribution in [3.05, 3.63) is 59.7 Å². The van der Waals surface area contributed by atoms with E-state index in [0.29, 0.717) is 19.1 Å². The highest BCUT2D eigenvalue weighted by atomic mass is 16.5. The molecule has 0 bridgehead atoms. The van der Waals surface area contributed by atoms with Crippen LogP contribution in [0.25, 0.3) is 0 Å². The average molecular weight is 367 g/mol. The quantitative estimate of drug-likeness (QED) is 0.694. The Bertz CT molecular complexity index is 800. The van der Waals surface area contributed by atoms with Gasteiger partial charge in [0.15, 0.2) is 0 Å². The summed E-state index contributed by atoms with van der Waals surface area (Å²) >= 11 is 0. The van der Waals surface area contributed by atoms with Gasteiger partial charge in [-0.3, -0.25) is 4.79 Å². The van der Waals surface area contributed by atoms with Crippen molar-refractivity contribution in [3.63, 3.8) is 0 Å². The molecule has 0 aliphatic heterocycles. The summed E-state index contributed by atoms with van der Waals surface area (Å²) < 4.78 is 11.6. The van der Waals surface area contributed by atoms with Crippen molar-refractivity contribution in [2.75, 3.05) is 20.8 Å². The van der Waals surface area contributed by atoms with Crippen molar-refractivity contribution < 1.29 is 14.3 Å². The van der Waals surface area contributed by atoms with E-state index in [1.165, 1.54) is 0 Å². The smallest absolute Gasteiger partial charge is 0.237 e. The predicted molar refractivity (Wildman–Crippen MR) is 107 cm³/mol. The van der Waals surface area contributed by atoms with Gasteiger partial charge in [-0.1, -0.05) is 43.3 Å². The third-order valence-corrected chi connectivity index (χ3v) is 5.52. The summed E-state index contributed by atoms with van der Waals surface area (Å²) in [6.07, 6.45) is 2.76. The van der Waals surface area contributed by atoms with Crippen LogP contribution >= 0.6 is 0 Å². The average Bonchev–Trinajstić information content (AvgIpc) is 3.55. The van der Waals surface area contributed by atoms with Crippen LogP contribution in [0, 0.1) is 0 Å². The monoisotopic (exact) mass is 367 g/mol. The maximum Gasteiger partial charge on any atom is 0.237 e.